The number of benzene rings is 3. The number of rotatable bonds is 7. The molecule has 0 bridgehead atoms. The number of aromatic nitrogens is 2. The van der Waals surface area contributed by atoms with Crippen molar-refractivity contribution in [3.63, 3.8) is 0 Å². The number of H-pyrrole nitrogens is 1. The summed E-state index contributed by atoms with van der Waals surface area (Å²) >= 11 is 0. The van der Waals surface area contributed by atoms with Crippen LogP contribution < -0.4 is 9.47 Å². The number of fused-ring (bicyclic) bond motifs is 1. The lowest BCUT2D eigenvalue weighted by Crippen LogP contribution is -2.02. The van der Waals surface area contributed by atoms with Crippen LogP contribution in [0.15, 0.2) is 97.2 Å². The van der Waals surface area contributed by atoms with Crippen molar-refractivity contribution < 1.29 is 9.47 Å². The van der Waals surface area contributed by atoms with Crippen molar-refractivity contribution in [3.8, 4) is 22.9 Å². The lowest BCUT2D eigenvalue weighted by atomic mass is 10.0. The number of hydrogen-bond acceptors (Lipinski definition) is 3. The van der Waals surface area contributed by atoms with Crippen LogP contribution in [0.25, 0.3) is 22.0 Å². The molecule has 0 aliphatic heterocycles. The Morgan fingerprint density at radius 3 is 2.16 bits per heavy atom. The molecule has 0 aliphatic rings. The molecule has 0 radical (unpaired) electrons. The number of pyridine rings is 1. The molecule has 0 spiro atoms. The van der Waals surface area contributed by atoms with Gasteiger partial charge >= 0.3 is 0 Å². The van der Waals surface area contributed by atoms with Crippen LogP contribution in [0.2, 0.25) is 0 Å². The summed E-state index contributed by atoms with van der Waals surface area (Å²) in [6.07, 6.45) is 2.03. The van der Waals surface area contributed by atoms with Gasteiger partial charge in [0.1, 0.15) is 13.2 Å². The smallest absolute Gasteiger partial charge is 0.225 e. The van der Waals surface area contributed by atoms with E-state index in [0.29, 0.717) is 25.0 Å². The van der Waals surface area contributed by atoms with E-state index in [1.807, 2.05) is 79.0 Å². The highest BCUT2D eigenvalue weighted by atomic mass is 16.5. The Hall–Kier alpha value is -4.05. The molecule has 0 atom stereocenters. The fourth-order valence-electron chi connectivity index (χ4n) is 3.73. The van der Waals surface area contributed by atoms with Crippen molar-refractivity contribution in [1.82, 2.24) is 9.97 Å². The van der Waals surface area contributed by atoms with E-state index in [9.17, 15) is 0 Å². The summed E-state index contributed by atoms with van der Waals surface area (Å²) in [7, 11) is 0. The van der Waals surface area contributed by atoms with Crippen LogP contribution in [0, 0.1) is 6.92 Å². The summed E-state index contributed by atoms with van der Waals surface area (Å²) in [6, 6.07) is 30.5. The second-order valence-corrected chi connectivity index (χ2v) is 7.78. The van der Waals surface area contributed by atoms with E-state index >= 15 is 0 Å². The predicted octanol–water partition coefficient (Wildman–Crippen LogP) is 6.70. The molecule has 2 heterocycles. The highest BCUT2D eigenvalue weighted by Gasteiger charge is 2.13. The fraction of sp³-hybridized carbons (Fsp3) is 0.107. The van der Waals surface area contributed by atoms with Crippen molar-refractivity contribution >= 4 is 10.9 Å². The lowest BCUT2D eigenvalue weighted by Gasteiger charge is -2.13. The zero-order valence-electron chi connectivity index (χ0n) is 17.9. The summed E-state index contributed by atoms with van der Waals surface area (Å²) in [5.41, 5.74) is 6.49. The van der Waals surface area contributed by atoms with Crippen LogP contribution in [0.3, 0.4) is 0 Å². The average Bonchev–Trinajstić information content (AvgIpc) is 3.23. The van der Waals surface area contributed by atoms with Gasteiger partial charge in [-0.2, -0.15) is 4.98 Å². The summed E-state index contributed by atoms with van der Waals surface area (Å²) in [5.74, 6) is 1.10. The zero-order chi connectivity index (χ0) is 21.8. The third-order valence-corrected chi connectivity index (χ3v) is 5.48. The first-order valence-corrected chi connectivity index (χ1v) is 10.7. The predicted molar refractivity (Wildman–Crippen MR) is 128 cm³/mol. The largest absolute Gasteiger partial charge is 0.473 e. The summed E-state index contributed by atoms with van der Waals surface area (Å²) in [5, 5.41) is 1.22. The third kappa shape index (κ3) is 4.35. The number of aryl methyl sites for hydroxylation is 1. The molecule has 5 rings (SSSR count). The summed E-state index contributed by atoms with van der Waals surface area (Å²) < 4.78 is 12.1. The first-order chi connectivity index (χ1) is 15.8. The van der Waals surface area contributed by atoms with Gasteiger partial charge in [-0.15, -0.1) is 0 Å². The molecule has 158 valence electrons. The third-order valence-electron chi connectivity index (χ3n) is 5.48. The van der Waals surface area contributed by atoms with Crippen LogP contribution >= 0.6 is 0 Å². The van der Waals surface area contributed by atoms with Crippen molar-refractivity contribution in [2.75, 3.05) is 0 Å². The molecular formula is C28H24N2O2. The van der Waals surface area contributed by atoms with Gasteiger partial charge in [0.15, 0.2) is 0 Å². The van der Waals surface area contributed by atoms with E-state index in [4.69, 9.17) is 14.5 Å². The van der Waals surface area contributed by atoms with E-state index in [1.54, 1.807) is 0 Å². The first-order valence-electron chi connectivity index (χ1n) is 10.7. The van der Waals surface area contributed by atoms with E-state index in [0.717, 1.165) is 27.8 Å². The lowest BCUT2D eigenvalue weighted by molar-refractivity contribution is 0.268. The molecule has 0 saturated heterocycles. The van der Waals surface area contributed by atoms with Crippen LogP contribution in [0.4, 0.5) is 0 Å². The minimum absolute atomic E-state index is 0.437. The maximum Gasteiger partial charge on any atom is 0.225 e. The molecule has 1 N–H and O–H groups in total. The molecule has 0 amide bonds. The maximum atomic E-state index is 6.19. The Balaban J connectivity index is 1.46. The second kappa shape index (κ2) is 8.98. The Morgan fingerprint density at radius 2 is 1.44 bits per heavy atom. The number of aromatic amines is 1. The van der Waals surface area contributed by atoms with Gasteiger partial charge in [-0.05, 0) is 41.3 Å². The highest BCUT2D eigenvalue weighted by molar-refractivity contribution is 5.88. The first kappa shape index (κ1) is 19.9. The molecule has 32 heavy (non-hydrogen) atoms. The van der Waals surface area contributed by atoms with Crippen molar-refractivity contribution in [3.05, 3.63) is 114 Å². The van der Waals surface area contributed by atoms with Gasteiger partial charge in [0.2, 0.25) is 11.8 Å². The topological polar surface area (TPSA) is 47.1 Å². The summed E-state index contributed by atoms with van der Waals surface area (Å²) in [4.78, 5) is 8.05. The van der Waals surface area contributed by atoms with Gasteiger partial charge in [0.05, 0.1) is 0 Å². The molecule has 0 aliphatic carbocycles. The fourth-order valence-corrected chi connectivity index (χ4v) is 3.73. The Morgan fingerprint density at radius 1 is 0.750 bits per heavy atom. The number of nitrogens with zero attached hydrogens (tertiary/aromatic N) is 1. The number of nitrogens with one attached hydrogen (secondary N) is 1. The molecule has 5 aromatic rings. The van der Waals surface area contributed by atoms with E-state index in [2.05, 4.69) is 30.1 Å². The van der Waals surface area contributed by atoms with Gasteiger partial charge in [-0.1, -0.05) is 72.8 Å². The number of hydrogen-bond donors (Lipinski definition) is 1. The molecule has 3 aromatic carbocycles. The molecule has 0 saturated carbocycles. The zero-order valence-corrected chi connectivity index (χ0v) is 17.9. The van der Waals surface area contributed by atoms with E-state index < -0.39 is 0 Å². The van der Waals surface area contributed by atoms with Gasteiger partial charge < -0.3 is 14.5 Å². The van der Waals surface area contributed by atoms with Crippen LogP contribution in [0.1, 0.15) is 16.7 Å². The minimum atomic E-state index is 0.437. The van der Waals surface area contributed by atoms with Gasteiger partial charge in [0.25, 0.3) is 0 Å². The van der Waals surface area contributed by atoms with Gasteiger partial charge in [-0.3, -0.25) is 0 Å². The SMILES string of the molecule is Cc1c[nH]c2cc(-c3ccc(OCc4ccccc4)nc3OCc3ccccc3)ccc12. The van der Waals surface area contributed by atoms with Crippen LogP contribution in [-0.2, 0) is 13.2 Å². The molecule has 4 heteroatoms. The average molecular weight is 421 g/mol. The molecule has 4 nitrogen and oxygen atoms in total. The van der Waals surface area contributed by atoms with Crippen LogP contribution in [-0.4, -0.2) is 9.97 Å². The maximum absolute atomic E-state index is 6.19. The number of ether oxygens (including phenoxy) is 2. The second-order valence-electron chi connectivity index (χ2n) is 7.78. The quantitative estimate of drug-likeness (QED) is 0.319. The Kier molecular flexibility index (Phi) is 5.58. The van der Waals surface area contributed by atoms with E-state index in [-0.39, 0.29) is 0 Å². The Labute approximate surface area is 187 Å². The molecule has 2 aromatic heterocycles. The van der Waals surface area contributed by atoms with Gasteiger partial charge in [-0.25, -0.2) is 0 Å². The molecule has 0 fully saturated rings. The van der Waals surface area contributed by atoms with Crippen molar-refractivity contribution in [1.29, 1.82) is 0 Å². The minimum Gasteiger partial charge on any atom is -0.473 e. The molecule has 0 unspecified atom stereocenters. The normalized spacial score (nSPS) is 10.9. The van der Waals surface area contributed by atoms with Gasteiger partial charge in [0, 0.05) is 28.7 Å². The van der Waals surface area contributed by atoms with Crippen LogP contribution in [0.5, 0.6) is 11.8 Å². The standard InChI is InChI=1S/C28H24N2O2/c1-20-17-29-26-16-23(12-13-24(20)26)25-14-15-27(31-18-21-8-4-2-5-9-21)30-28(25)32-19-22-10-6-3-7-11-22/h2-17,29H,18-19H2,1H3. The molecular weight excluding hydrogens is 396 g/mol. The van der Waals surface area contributed by atoms with Crippen molar-refractivity contribution in [2.24, 2.45) is 0 Å². The Bertz CT molecular complexity index is 1330. The summed E-state index contributed by atoms with van der Waals surface area (Å²) in [6.45, 7) is 3.00. The van der Waals surface area contributed by atoms with Crippen molar-refractivity contribution in [2.45, 2.75) is 20.1 Å². The van der Waals surface area contributed by atoms with E-state index in [1.165, 1.54) is 10.9 Å². The monoisotopic (exact) mass is 420 g/mol. The highest BCUT2D eigenvalue weighted by Crippen LogP contribution is 2.33.